The second-order valence-corrected chi connectivity index (χ2v) is 12.2. The number of methoxy groups -OCH3 is 1. The molecule has 0 amide bonds. The van der Waals surface area contributed by atoms with Gasteiger partial charge in [0.15, 0.2) is 5.79 Å². The lowest BCUT2D eigenvalue weighted by atomic mass is 9.59. The van der Waals surface area contributed by atoms with Gasteiger partial charge in [-0.15, -0.1) is 0 Å². The Balaban J connectivity index is 1.53. The van der Waals surface area contributed by atoms with E-state index in [1.165, 1.54) is 6.92 Å². The second kappa shape index (κ2) is 7.77. The van der Waals surface area contributed by atoms with Crippen LogP contribution in [0.3, 0.4) is 0 Å². The summed E-state index contributed by atoms with van der Waals surface area (Å²) in [4.78, 5) is 38.2. The number of carboxylic acids is 1. The number of ether oxygens (including phenoxy) is 4. The summed E-state index contributed by atoms with van der Waals surface area (Å²) in [6.45, 7) is 7.23. The standard InChI is InChI=1S/C27H36O9/c1-10-22(29)19-15(23(10)34-12(3)28)8-14(24(30)31)13-9-16-20(18(13)19)21-25(32)35-17-6-7-26(16,4)36-27(21,33-5)11(17)2/h8,10-11,13,15-23,29H,6-7,9H2,1-5H3,(H,30,31). The Hall–Kier alpha value is -1.97. The molecule has 198 valence electrons. The van der Waals surface area contributed by atoms with E-state index in [0.29, 0.717) is 19.3 Å². The van der Waals surface area contributed by atoms with Gasteiger partial charge in [-0.05, 0) is 55.8 Å². The Bertz CT molecular complexity index is 1040. The zero-order chi connectivity index (χ0) is 25.9. The first-order chi connectivity index (χ1) is 16.9. The number of hydrogen-bond acceptors (Lipinski definition) is 8. The average Bonchev–Trinajstić information content (AvgIpc) is 3.31. The minimum Gasteiger partial charge on any atom is -0.478 e. The molecule has 14 atom stereocenters. The zero-order valence-corrected chi connectivity index (χ0v) is 21.4. The van der Waals surface area contributed by atoms with Crippen LogP contribution in [0.5, 0.6) is 0 Å². The third-order valence-corrected chi connectivity index (χ3v) is 10.9. The van der Waals surface area contributed by atoms with E-state index >= 15 is 0 Å². The van der Waals surface area contributed by atoms with Crippen LogP contribution in [0.15, 0.2) is 11.6 Å². The van der Waals surface area contributed by atoms with Crippen LogP contribution >= 0.6 is 0 Å². The summed E-state index contributed by atoms with van der Waals surface area (Å²) in [5.41, 5.74) is -0.346. The molecule has 14 unspecified atom stereocenters. The normalized spacial score (nSPS) is 54.5. The molecule has 5 fully saturated rings. The van der Waals surface area contributed by atoms with Gasteiger partial charge in [-0.3, -0.25) is 9.59 Å². The first-order valence-corrected chi connectivity index (χ1v) is 13.2. The van der Waals surface area contributed by atoms with Crippen molar-refractivity contribution < 1.29 is 43.5 Å². The van der Waals surface area contributed by atoms with Gasteiger partial charge in [0, 0.05) is 37.4 Å². The monoisotopic (exact) mass is 504 g/mol. The average molecular weight is 505 g/mol. The first kappa shape index (κ1) is 24.4. The molecule has 3 aliphatic heterocycles. The Labute approximate surface area is 210 Å². The number of carbonyl (C=O) groups excluding carboxylic acids is 2. The van der Waals surface area contributed by atoms with Crippen molar-refractivity contribution in [1.29, 1.82) is 0 Å². The van der Waals surface area contributed by atoms with Gasteiger partial charge in [0.05, 0.1) is 11.7 Å². The molecule has 6 rings (SSSR count). The molecule has 6 aliphatic rings. The maximum absolute atomic E-state index is 13.7. The molecular formula is C27H36O9. The summed E-state index contributed by atoms with van der Waals surface area (Å²) in [7, 11) is 1.58. The summed E-state index contributed by atoms with van der Waals surface area (Å²) in [6.07, 6.45) is 1.85. The molecule has 0 aromatic heterocycles. The van der Waals surface area contributed by atoms with E-state index in [0.717, 1.165) is 0 Å². The fraction of sp³-hybridized carbons (Fsp3) is 0.815. The highest BCUT2D eigenvalue weighted by Crippen LogP contribution is 2.69. The Kier molecular flexibility index (Phi) is 5.26. The van der Waals surface area contributed by atoms with Crippen molar-refractivity contribution in [3.63, 3.8) is 0 Å². The minimum absolute atomic E-state index is 0.103. The van der Waals surface area contributed by atoms with E-state index in [1.54, 1.807) is 13.2 Å². The van der Waals surface area contributed by atoms with Crippen molar-refractivity contribution in [3.8, 4) is 0 Å². The lowest BCUT2D eigenvalue weighted by molar-refractivity contribution is -0.378. The van der Waals surface area contributed by atoms with E-state index in [1.807, 2.05) is 13.8 Å². The van der Waals surface area contributed by atoms with E-state index in [4.69, 9.17) is 18.9 Å². The zero-order valence-electron chi connectivity index (χ0n) is 21.4. The van der Waals surface area contributed by atoms with Crippen molar-refractivity contribution in [2.75, 3.05) is 7.11 Å². The van der Waals surface area contributed by atoms with Gasteiger partial charge in [-0.2, -0.15) is 0 Å². The Morgan fingerprint density at radius 2 is 1.92 bits per heavy atom. The van der Waals surface area contributed by atoms with Crippen LogP contribution in [0.1, 0.15) is 47.0 Å². The SMILES string of the molecule is COC12OC3(C)CCC(OC(=O)C1C1C4C(CC13)C(C(=O)O)=CC1C(OC(C)=O)C(C)C(O)C14)C2C. The molecule has 9 nitrogen and oxygen atoms in total. The van der Waals surface area contributed by atoms with E-state index in [2.05, 4.69) is 6.92 Å². The predicted octanol–water partition coefficient (Wildman–Crippen LogP) is 2.16. The highest BCUT2D eigenvalue weighted by molar-refractivity contribution is 5.88. The van der Waals surface area contributed by atoms with Crippen LogP contribution in [0.4, 0.5) is 0 Å². The van der Waals surface area contributed by atoms with Crippen LogP contribution in [0, 0.1) is 53.3 Å². The highest BCUT2D eigenvalue weighted by Gasteiger charge is 2.75. The molecule has 2 saturated carbocycles. The predicted molar refractivity (Wildman–Crippen MR) is 123 cm³/mol. The molecular weight excluding hydrogens is 468 g/mol. The van der Waals surface area contributed by atoms with E-state index in [-0.39, 0.29) is 59.1 Å². The molecule has 3 bridgehead atoms. The highest BCUT2D eigenvalue weighted by atomic mass is 16.7. The number of carbonyl (C=O) groups is 3. The van der Waals surface area contributed by atoms with Gasteiger partial charge >= 0.3 is 17.9 Å². The number of aliphatic hydroxyl groups is 1. The molecule has 3 heterocycles. The number of carboxylic acid groups (broad SMARTS) is 1. The Morgan fingerprint density at radius 3 is 2.56 bits per heavy atom. The fourth-order valence-corrected chi connectivity index (χ4v) is 9.45. The number of rotatable bonds is 3. The molecule has 2 N–H and O–H groups in total. The van der Waals surface area contributed by atoms with Gasteiger partial charge in [0.25, 0.3) is 0 Å². The fourth-order valence-electron chi connectivity index (χ4n) is 9.45. The largest absolute Gasteiger partial charge is 0.478 e. The molecule has 0 aromatic rings. The molecule has 9 heteroatoms. The van der Waals surface area contributed by atoms with Gasteiger partial charge in [-0.1, -0.05) is 19.9 Å². The number of aliphatic carboxylic acids is 1. The maximum atomic E-state index is 13.7. The van der Waals surface area contributed by atoms with Gasteiger partial charge in [-0.25, -0.2) is 4.79 Å². The van der Waals surface area contributed by atoms with Crippen LogP contribution < -0.4 is 0 Å². The van der Waals surface area contributed by atoms with Crippen molar-refractivity contribution in [2.45, 2.75) is 76.7 Å². The van der Waals surface area contributed by atoms with Gasteiger partial charge in [0.2, 0.25) is 0 Å². The van der Waals surface area contributed by atoms with Crippen molar-refractivity contribution in [1.82, 2.24) is 0 Å². The lowest BCUT2D eigenvalue weighted by Crippen LogP contribution is -2.69. The number of aliphatic hydroxyl groups excluding tert-OH is 1. The van der Waals surface area contributed by atoms with Gasteiger partial charge in [0.1, 0.15) is 18.1 Å². The van der Waals surface area contributed by atoms with Crippen molar-refractivity contribution >= 4 is 17.9 Å². The molecule has 3 saturated heterocycles. The van der Waals surface area contributed by atoms with Crippen molar-refractivity contribution in [2.24, 2.45) is 53.3 Å². The number of fused-ring (bicyclic) bond motifs is 9. The van der Waals surface area contributed by atoms with Crippen LogP contribution in [0.2, 0.25) is 0 Å². The van der Waals surface area contributed by atoms with Crippen LogP contribution in [-0.2, 0) is 33.3 Å². The number of esters is 2. The maximum Gasteiger partial charge on any atom is 0.331 e. The van der Waals surface area contributed by atoms with Crippen LogP contribution in [-0.4, -0.2) is 64.9 Å². The molecule has 0 aromatic carbocycles. The van der Waals surface area contributed by atoms with Crippen molar-refractivity contribution in [3.05, 3.63) is 11.6 Å². The minimum atomic E-state index is -1.17. The van der Waals surface area contributed by atoms with Gasteiger partial charge < -0.3 is 29.2 Å². The molecule has 0 spiro atoms. The summed E-state index contributed by atoms with van der Waals surface area (Å²) < 4.78 is 24.6. The third kappa shape index (κ3) is 2.91. The van der Waals surface area contributed by atoms with Crippen LogP contribution in [0.25, 0.3) is 0 Å². The first-order valence-electron chi connectivity index (χ1n) is 13.2. The van der Waals surface area contributed by atoms with E-state index < -0.39 is 47.4 Å². The molecule has 3 aliphatic carbocycles. The summed E-state index contributed by atoms with van der Waals surface area (Å²) >= 11 is 0. The molecule has 0 radical (unpaired) electrons. The quantitative estimate of drug-likeness (QED) is 0.556. The Morgan fingerprint density at radius 1 is 1.19 bits per heavy atom. The summed E-state index contributed by atoms with van der Waals surface area (Å²) in [5.74, 6) is -6.18. The van der Waals surface area contributed by atoms with E-state index in [9.17, 15) is 24.6 Å². The third-order valence-electron chi connectivity index (χ3n) is 10.9. The lowest BCUT2D eigenvalue weighted by Gasteiger charge is -2.59. The number of hydrogen-bond donors (Lipinski definition) is 2. The topological polar surface area (TPSA) is 129 Å². The smallest absolute Gasteiger partial charge is 0.331 e. The second-order valence-electron chi connectivity index (χ2n) is 12.2. The summed E-state index contributed by atoms with van der Waals surface area (Å²) in [5, 5.41) is 21.8. The summed E-state index contributed by atoms with van der Waals surface area (Å²) in [6, 6.07) is 0. The molecule has 36 heavy (non-hydrogen) atoms.